The molecule has 7 nitrogen and oxygen atoms in total. The van der Waals surface area contributed by atoms with Gasteiger partial charge in [0.15, 0.2) is 5.96 Å². The molecule has 8 heteroatoms. The fourth-order valence-electron chi connectivity index (χ4n) is 2.55. The largest absolute Gasteiger partial charge is 0.369 e. The maximum absolute atomic E-state index is 11.0. The van der Waals surface area contributed by atoms with Crippen LogP contribution in [0.1, 0.15) is 13.3 Å². The molecule has 1 unspecified atom stereocenters. The predicted molar refractivity (Wildman–Crippen MR) is 94.1 cm³/mol. The van der Waals surface area contributed by atoms with Crippen molar-refractivity contribution in [3.63, 3.8) is 0 Å². The molecule has 1 aliphatic heterocycles. The highest BCUT2D eigenvalue weighted by atomic mass is 32.2. The van der Waals surface area contributed by atoms with Crippen molar-refractivity contribution in [1.82, 2.24) is 10.6 Å². The van der Waals surface area contributed by atoms with Crippen LogP contribution >= 0.6 is 0 Å². The Morgan fingerprint density at radius 1 is 1.39 bits per heavy atom. The standard InChI is InChI=1S/C15H25N5O2S/c1-2-17-15(18-9-11-23(16,21)22)19-13-8-10-20(12-13)14-6-4-3-5-7-14/h3-7,13H,2,8-12H2,1H3,(H2,16,21,22)(H2,17,18,19). The number of benzene rings is 1. The minimum atomic E-state index is -3.48. The second kappa shape index (κ2) is 8.16. The summed E-state index contributed by atoms with van der Waals surface area (Å²) >= 11 is 0. The first-order valence-electron chi connectivity index (χ1n) is 7.83. The van der Waals surface area contributed by atoms with Crippen molar-refractivity contribution >= 4 is 21.7 Å². The van der Waals surface area contributed by atoms with Crippen LogP contribution in [0.15, 0.2) is 35.3 Å². The van der Waals surface area contributed by atoms with Crippen molar-refractivity contribution in [1.29, 1.82) is 0 Å². The molecule has 1 aliphatic rings. The summed E-state index contributed by atoms with van der Waals surface area (Å²) in [6, 6.07) is 10.6. The van der Waals surface area contributed by atoms with Crippen LogP contribution in [-0.2, 0) is 10.0 Å². The van der Waals surface area contributed by atoms with E-state index in [2.05, 4.69) is 32.7 Å². The lowest BCUT2D eigenvalue weighted by molar-refractivity contribution is 0.597. The van der Waals surface area contributed by atoms with Gasteiger partial charge in [-0.1, -0.05) is 18.2 Å². The van der Waals surface area contributed by atoms with Crippen LogP contribution < -0.4 is 20.7 Å². The highest BCUT2D eigenvalue weighted by Crippen LogP contribution is 2.19. The molecule has 0 saturated carbocycles. The van der Waals surface area contributed by atoms with Gasteiger partial charge in [0.25, 0.3) is 0 Å². The Kier molecular flexibility index (Phi) is 6.23. The molecule has 4 N–H and O–H groups in total. The van der Waals surface area contributed by atoms with Crippen molar-refractivity contribution in [2.24, 2.45) is 10.1 Å². The van der Waals surface area contributed by atoms with Crippen molar-refractivity contribution in [3.8, 4) is 0 Å². The number of anilines is 1. The van der Waals surface area contributed by atoms with E-state index in [-0.39, 0.29) is 18.3 Å². The first-order chi connectivity index (χ1) is 11.0. The van der Waals surface area contributed by atoms with Crippen LogP contribution in [0.4, 0.5) is 5.69 Å². The van der Waals surface area contributed by atoms with Gasteiger partial charge in [-0.2, -0.15) is 0 Å². The number of nitrogens with two attached hydrogens (primary N) is 1. The zero-order valence-electron chi connectivity index (χ0n) is 13.4. The minimum absolute atomic E-state index is 0.148. The van der Waals surface area contributed by atoms with Crippen LogP contribution in [0, 0.1) is 0 Å². The second-order valence-electron chi connectivity index (χ2n) is 5.54. The van der Waals surface area contributed by atoms with Crippen molar-refractivity contribution in [2.75, 3.05) is 36.8 Å². The first kappa shape index (κ1) is 17.6. The lowest BCUT2D eigenvalue weighted by atomic mass is 10.3. The first-order valence-corrected chi connectivity index (χ1v) is 9.55. The molecule has 23 heavy (non-hydrogen) atoms. The van der Waals surface area contributed by atoms with E-state index in [0.717, 1.165) is 26.1 Å². The van der Waals surface area contributed by atoms with E-state index in [1.54, 1.807) is 0 Å². The van der Waals surface area contributed by atoms with Crippen LogP contribution in [0.3, 0.4) is 0 Å². The van der Waals surface area contributed by atoms with Gasteiger partial charge >= 0.3 is 0 Å². The third-order valence-corrected chi connectivity index (χ3v) is 4.39. The van der Waals surface area contributed by atoms with Gasteiger partial charge in [-0.05, 0) is 25.5 Å². The maximum Gasteiger partial charge on any atom is 0.210 e. The van der Waals surface area contributed by atoms with Crippen molar-refractivity contribution < 1.29 is 8.42 Å². The molecule has 2 rings (SSSR count). The number of hydrogen-bond donors (Lipinski definition) is 3. The van der Waals surface area contributed by atoms with E-state index in [9.17, 15) is 8.42 Å². The van der Waals surface area contributed by atoms with Gasteiger partial charge in [-0.15, -0.1) is 0 Å². The van der Waals surface area contributed by atoms with E-state index in [0.29, 0.717) is 5.96 Å². The van der Waals surface area contributed by atoms with Gasteiger partial charge in [0.2, 0.25) is 10.0 Å². The van der Waals surface area contributed by atoms with Crippen molar-refractivity contribution in [2.45, 2.75) is 19.4 Å². The van der Waals surface area contributed by atoms with Gasteiger partial charge in [-0.3, -0.25) is 4.99 Å². The predicted octanol–water partition coefficient (Wildman–Crippen LogP) is 0.109. The third-order valence-electron chi connectivity index (χ3n) is 3.64. The Hall–Kier alpha value is -1.80. The van der Waals surface area contributed by atoms with Gasteiger partial charge in [-0.25, -0.2) is 13.6 Å². The zero-order valence-corrected chi connectivity index (χ0v) is 14.2. The summed E-state index contributed by atoms with van der Waals surface area (Å²) in [6.45, 7) is 4.73. The lowest BCUT2D eigenvalue weighted by Gasteiger charge is -2.20. The normalized spacial score (nSPS) is 19.0. The number of hydrogen-bond acceptors (Lipinski definition) is 4. The third kappa shape index (κ3) is 6.07. The molecular weight excluding hydrogens is 314 g/mol. The van der Waals surface area contributed by atoms with Crippen LogP contribution in [0.2, 0.25) is 0 Å². The minimum Gasteiger partial charge on any atom is -0.369 e. The summed E-state index contributed by atoms with van der Waals surface area (Å²) in [6.07, 6.45) is 1.01. The number of para-hydroxylation sites is 1. The number of primary sulfonamides is 1. The molecular formula is C15H25N5O2S. The van der Waals surface area contributed by atoms with Crippen molar-refractivity contribution in [3.05, 3.63) is 30.3 Å². The number of nitrogens with one attached hydrogen (secondary N) is 2. The van der Waals surface area contributed by atoms with Gasteiger partial charge < -0.3 is 15.5 Å². The molecule has 1 atom stereocenters. The average Bonchev–Trinajstić information content (AvgIpc) is 2.95. The maximum atomic E-state index is 11.0. The SMILES string of the molecule is CCNC(=NCCS(N)(=O)=O)NC1CCN(c2ccccc2)C1. The number of rotatable bonds is 6. The molecule has 1 saturated heterocycles. The molecule has 0 aliphatic carbocycles. The number of guanidine groups is 1. The molecule has 128 valence electrons. The van der Waals surface area contributed by atoms with E-state index < -0.39 is 10.0 Å². The summed E-state index contributed by atoms with van der Waals surface area (Å²) in [5.74, 6) is 0.487. The summed E-state index contributed by atoms with van der Waals surface area (Å²) in [7, 11) is -3.48. The Morgan fingerprint density at radius 2 is 2.13 bits per heavy atom. The molecule has 0 spiro atoms. The Balaban J connectivity index is 1.89. The zero-order chi connectivity index (χ0) is 16.7. The molecule has 1 aromatic rings. The van der Waals surface area contributed by atoms with E-state index in [1.165, 1.54) is 5.69 Å². The van der Waals surface area contributed by atoms with Crippen LogP contribution in [-0.4, -0.2) is 52.4 Å². The van der Waals surface area contributed by atoms with Gasteiger partial charge in [0, 0.05) is 31.4 Å². The molecule has 0 aromatic heterocycles. The number of aliphatic imine (C=N–C) groups is 1. The molecule has 0 bridgehead atoms. The van der Waals surface area contributed by atoms with E-state index in [1.807, 2.05) is 25.1 Å². The molecule has 1 fully saturated rings. The van der Waals surface area contributed by atoms with E-state index in [4.69, 9.17) is 5.14 Å². The fraction of sp³-hybridized carbons (Fsp3) is 0.533. The van der Waals surface area contributed by atoms with E-state index >= 15 is 0 Å². The van der Waals surface area contributed by atoms with Crippen LogP contribution in [0.25, 0.3) is 0 Å². The molecule has 0 amide bonds. The average molecular weight is 339 g/mol. The summed E-state index contributed by atoms with van der Waals surface area (Å²) in [5.41, 5.74) is 1.22. The molecule has 0 radical (unpaired) electrons. The smallest absolute Gasteiger partial charge is 0.210 e. The fourth-order valence-corrected chi connectivity index (χ4v) is 2.90. The highest BCUT2D eigenvalue weighted by Gasteiger charge is 2.23. The van der Waals surface area contributed by atoms with Gasteiger partial charge in [0.05, 0.1) is 12.3 Å². The van der Waals surface area contributed by atoms with Gasteiger partial charge in [0.1, 0.15) is 0 Å². The second-order valence-corrected chi connectivity index (χ2v) is 7.27. The number of sulfonamides is 1. The molecule has 1 aromatic carbocycles. The summed E-state index contributed by atoms with van der Waals surface area (Å²) in [4.78, 5) is 6.60. The Morgan fingerprint density at radius 3 is 2.78 bits per heavy atom. The topological polar surface area (TPSA) is 99.8 Å². The monoisotopic (exact) mass is 339 g/mol. The quantitative estimate of drug-likeness (QED) is 0.504. The lowest BCUT2D eigenvalue weighted by Crippen LogP contribution is -2.44. The number of nitrogens with zero attached hydrogens (tertiary/aromatic N) is 2. The summed E-state index contributed by atoms with van der Waals surface area (Å²) < 4.78 is 22.0. The Labute approximate surface area is 138 Å². The highest BCUT2D eigenvalue weighted by molar-refractivity contribution is 7.89. The Bertz CT molecular complexity index is 618. The molecule has 1 heterocycles. The summed E-state index contributed by atoms with van der Waals surface area (Å²) in [5, 5.41) is 11.5. The van der Waals surface area contributed by atoms with Crippen LogP contribution in [0.5, 0.6) is 0 Å².